The molecule has 0 fully saturated rings. The highest BCUT2D eigenvalue weighted by Gasteiger charge is 2.24. The summed E-state index contributed by atoms with van der Waals surface area (Å²) in [7, 11) is 0. The lowest BCUT2D eigenvalue weighted by atomic mass is 9.89. The molecule has 1 N–H and O–H groups in total. The molecule has 0 saturated heterocycles. The van der Waals surface area contributed by atoms with Crippen LogP contribution >= 0.6 is 15.9 Å². The number of aromatic amines is 1. The molecule has 2 unspecified atom stereocenters. The molecule has 1 aromatic carbocycles. The van der Waals surface area contributed by atoms with Crippen LogP contribution < -0.4 is 0 Å². The highest BCUT2D eigenvalue weighted by atomic mass is 79.9. The molecule has 3 heteroatoms. The van der Waals surface area contributed by atoms with Crippen molar-refractivity contribution >= 4 is 22.1 Å². The third-order valence-electron chi connectivity index (χ3n) is 3.18. The Morgan fingerprint density at radius 2 is 2.00 bits per heavy atom. The Balaban J connectivity index is 2.02. The van der Waals surface area contributed by atoms with Crippen molar-refractivity contribution < 1.29 is 0 Å². The Morgan fingerprint density at radius 1 is 1.17 bits per heavy atom. The number of nitrogens with zero attached hydrogens (tertiary/aromatic N) is 1. The maximum absolute atomic E-state index is 4.52. The second-order valence-corrected chi connectivity index (χ2v) is 5.24. The molecule has 2 heterocycles. The number of aliphatic imine (C=N–C) groups is 1. The van der Waals surface area contributed by atoms with Crippen molar-refractivity contribution in [1.82, 2.24) is 4.98 Å². The van der Waals surface area contributed by atoms with Gasteiger partial charge < -0.3 is 4.98 Å². The standard InChI is InChI=1S/C15H13BrN2/c16-12-7-5-11(6-8-12)15(13-3-1-9-17-13)14-4-2-10-18-14/h1-10,13,15,18H. The van der Waals surface area contributed by atoms with E-state index < -0.39 is 0 Å². The first-order valence-corrected chi connectivity index (χ1v) is 6.72. The summed E-state index contributed by atoms with van der Waals surface area (Å²) in [6.07, 6.45) is 8.00. The predicted molar refractivity (Wildman–Crippen MR) is 78.2 cm³/mol. The monoisotopic (exact) mass is 300 g/mol. The van der Waals surface area contributed by atoms with E-state index in [2.05, 4.69) is 62.3 Å². The number of hydrogen-bond acceptors (Lipinski definition) is 1. The van der Waals surface area contributed by atoms with E-state index in [0.717, 1.165) is 4.47 Å². The van der Waals surface area contributed by atoms with Crippen LogP contribution in [-0.4, -0.2) is 17.2 Å². The van der Waals surface area contributed by atoms with Crippen LogP contribution in [0.15, 0.2) is 64.2 Å². The molecule has 1 aromatic heterocycles. The van der Waals surface area contributed by atoms with Gasteiger partial charge in [0.2, 0.25) is 0 Å². The Morgan fingerprint density at radius 3 is 2.61 bits per heavy atom. The third kappa shape index (κ3) is 2.18. The minimum atomic E-state index is 0.185. The van der Waals surface area contributed by atoms with Gasteiger partial charge in [0.25, 0.3) is 0 Å². The number of aromatic nitrogens is 1. The lowest BCUT2D eigenvalue weighted by molar-refractivity contribution is 0.696. The number of benzene rings is 1. The Labute approximate surface area is 115 Å². The molecule has 0 amide bonds. The summed E-state index contributed by atoms with van der Waals surface area (Å²) in [5, 5.41) is 0. The summed E-state index contributed by atoms with van der Waals surface area (Å²) in [5.41, 5.74) is 2.47. The van der Waals surface area contributed by atoms with Gasteiger partial charge in [0, 0.05) is 22.6 Å². The molecule has 2 atom stereocenters. The first-order chi connectivity index (χ1) is 8.84. The number of hydrogen-bond donors (Lipinski definition) is 1. The second kappa shape index (κ2) is 4.94. The normalized spacial score (nSPS) is 19.3. The molecule has 1 aliphatic rings. The van der Waals surface area contributed by atoms with E-state index in [0.29, 0.717) is 0 Å². The third-order valence-corrected chi connectivity index (χ3v) is 3.71. The summed E-state index contributed by atoms with van der Waals surface area (Å²) in [4.78, 5) is 7.83. The zero-order valence-electron chi connectivity index (χ0n) is 9.75. The molecule has 3 rings (SSSR count). The predicted octanol–water partition coefficient (Wildman–Crippen LogP) is 3.92. The average molecular weight is 301 g/mol. The molecule has 90 valence electrons. The smallest absolute Gasteiger partial charge is 0.0806 e. The maximum atomic E-state index is 4.52. The summed E-state index contributed by atoms with van der Waals surface area (Å²) in [5.74, 6) is 0.253. The first-order valence-electron chi connectivity index (χ1n) is 5.93. The van der Waals surface area contributed by atoms with E-state index in [1.807, 2.05) is 24.6 Å². The number of halogens is 1. The van der Waals surface area contributed by atoms with Crippen LogP contribution in [0, 0.1) is 0 Å². The van der Waals surface area contributed by atoms with Gasteiger partial charge >= 0.3 is 0 Å². The quantitative estimate of drug-likeness (QED) is 0.890. The van der Waals surface area contributed by atoms with Crippen molar-refractivity contribution in [3.8, 4) is 0 Å². The van der Waals surface area contributed by atoms with Crippen LogP contribution in [-0.2, 0) is 0 Å². The van der Waals surface area contributed by atoms with Gasteiger partial charge in [0.15, 0.2) is 0 Å². The Kier molecular flexibility index (Phi) is 3.15. The fraction of sp³-hybridized carbons (Fsp3) is 0.133. The van der Waals surface area contributed by atoms with E-state index >= 15 is 0 Å². The molecule has 18 heavy (non-hydrogen) atoms. The van der Waals surface area contributed by atoms with Crippen LogP contribution in [0.4, 0.5) is 0 Å². The van der Waals surface area contributed by atoms with Crippen LogP contribution in [0.25, 0.3) is 0 Å². The second-order valence-electron chi connectivity index (χ2n) is 4.33. The summed E-state index contributed by atoms with van der Waals surface area (Å²) in [6.45, 7) is 0. The van der Waals surface area contributed by atoms with Gasteiger partial charge in [-0.15, -0.1) is 0 Å². The van der Waals surface area contributed by atoms with Gasteiger partial charge in [-0.3, -0.25) is 4.99 Å². The van der Waals surface area contributed by atoms with Crippen molar-refractivity contribution in [1.29, 1.82) is 0 Å². The lowest BCUT2D eigenvalue weighted by Crippen LogP contribution is -2.15. The molecule has 2 nitrogen and oxygen atoms in total. The number of allylic oxidation sites excluding steroid dienone is 1. The Hall–Kier alpha value is -1.61. The maximum Gasteiger partial charge on any atom is 0.0806 e. The van der Waals surface area contributed by atoms with Crippen LogP contribution in [0.1, 0.15) is 17.2 Å². The fourth-order valence-electron chi connectivity index (χ4n) is 2.33. The van der Waals surface area contributed by atoms with E-state index in [9.17, 15) is 0 Å². The van der Waals surface area contributed by atoms with Gasteiger partial charge in [-0.1, -0.05) is 34.1 Å². The molecule has 0 aliphatic carbocycles. The topological polar surface area (TPSA) is 28.1 Å². The van der Waals surface area contributed by atoms with Crippen LogP contribution in [0.3, 0.4) is 0 Å². The van der Waals surface area contributed by atoms with E-state index in [4.69, 9.17) is 0 Å². The fourth-order valence-corrected chi connectivity index (χ4v) is 2.59. The molecule has 0 spiro atoms. The van der Waals surface area contributed by atoms with E-state index in [1.54, 1.807) is 0 Å². The van der Waals surface area contributed by atoms with Gasteiger partial charge in [0.1, 0.15) is 0 Å². The molecule has 0 saturated carbocycles. The molecular formula is C15H13BrN2. The minimum Gasteiger partial charge on any atom is -0.364 e. The first kappa shape index (κ1) is 11.5. The zero-order valence-corrected chi connectivity index (χ0v) is 11.3. The highest BCUT2D eigenvalue weighted by molar-refractivity contribution is 9.10. The summed E-state index contributed by atoms with van der Waals surface area (Å²) < 4.78 is 1.10. The van der Waals surface area contributed by atoms with Gasteiger partial charge in [-0.25, -0.2) is 0 Å². The summed E-state index contributed by atoms with van der Waals surface area (Å²) in [6, 6.07) is 12.8. The molecular weight excluding hydrogens is 288 g/mol. The van der Waals surface area contributed by atoms with Crippen molar-refractivity contribution in [3.63, 3.8) is 0 Å². The molecule has 2 aromatic rings. The zero-order chi connectivity index (χ0) is 12.4. The lowest BCUT2D eigenvalue weighted by Gasteiger charge is -2.20. The molecule has 1 aliphatic heterocycles. The van der Waals surface area contributed by atoms with Crippen molar-refractivity contribution in [2.45, 2.75) is 12.0 Å². The molecule has 0 bridgehead atoms. The van der Waals surface area contributed by atoms with Gasteiger partial charge in [-0.2, -0.15) is 0 Å². The summed E-state index contributed by atoms with van der Waals surface area (Å²) >= 11 is 3.48. The van der Waals surface area contributed by atoms with Crippen LogP contribution in [0.5, 0.6) is 0 Å². The van der Waals surface area contributed by atoms with Gasteiger partial charge in [-0.05, 0) is 35.9 Å². The van der Waals surface area contributed by atoms with E-state index in [1.165, 1.54) is 11.3 Å². The van der Waals surface area contributed by atoms with Crippen LogP contribution in [0.2, 0.25) is 0 Å². The van der Waals surface area contributed by atoms with Crippen molar-refractivity contribution in [2.24, 2.45) is 4.99 Å². The van der Waals surface area contributed by atoms with Crippen molar-refractivity contribution in [3.05, 3.63) is 70.5 Å². The average Bonchev–Trinajstić information content (AvgIpc) is 3.06. The minimum absolute atomic E-state index is 0.185. The molecule has 0 radical (unpaired) electrons. The SMILES string of the molecule is Brc1ccc(C(c2ccc[nH]2)C2C=CC=N2)cc1. The Bertz CT molecular complexity index is 555. The van der Waals surface area contributed by atoms with E-state index in [-0.39, 0.29) is 12.0 Å². The highest BCUT2D eigenvalue weighted by Crippen LogP contribution is 2.31. The van der Waals surface area contributed by atoms with Gasteiger partial charge in [0.05, 0.1) is 12.0 Å². The largest absolute Gasteiger partial charge is 0.364 e. The van der Waals surface area contributed by atoms with Crippen molar-refractivity contribution in [2.75, 3.05) is 0 Å². The number of nitrogens with one attached hydrogen (secondary N) is 1. The number of rotatable bonds is 3. The number of H-pyrrole nitrogens is 1.